The van der Waals surface area contributed by atoms with Crippen LogP contribution in [-0.4, -0.2) is 16.8 Å². The summed E-state index contributed by atoms with van der Waals surface area (Å²) in [6.07, 6.45) is 0. The largest absolute Gasteiger partial charge is 0.313 e. The van der Waals surface area contributed by atoms with Gasteiger partial charge in [-0.25, -0.2) is 4.68 Å². The summed E-state index contributed by atoms with van der Waals surface area (Å²) in [4.78, 5) is 0. The molecule has 1 aromatic carbocycles. The van der Waals surface area contributed by atoms with Gasteiger partial charge in [-0.2, -0.15) is 5.10 Å². The molecule has 0 aliphatic heterocycles. The van der Waals surface area contributed by atoms with Crippen molar-refractivity contribution >= 4 is 15.9 Å². The van der Waals surface area contributed by atoms with Crippen LogP contribution in [-0.2, 0) is 0 Å². The first-order valence-corrected chi connectivity index (χ1v) is 6.83. The van der Waals surface area contributed by atoms with E-state index in [-0.39, 0.29) is 0 Å². The van der Waals surface area contributed by atoms with Crippen molar-refractivity contribution in [2.45, 2.75) is 26.8 Å². The second-order valence-corrected chi connectivity index (χ2v) is 5.29. The third-order valence-corrected chi connectivity index (χ3v) is 4.40. The summed E-state index contributed by atoms with van der Waals surface area (Å²) >= 11 is 3.56. The van der Waals surface area contributed by atoms with Crippen LogP contribution in [0.5, 0.6) is 0 Å². The Labute approximate surface area is 116 Å². The van der Waals surface area contributed by atoms with Crippen molar-refractivity contribution in [3.05, 3.63) is 45.7 Å². The molecule has 3 nitrogen and oxygen atoms in total. The number of halogens is 1. The fraction of sp³-hybridized carbons (Fsp3) is 0.357. The van der Waals surface area contributed by atoms with E-state index in [1.807, 2.05) is 18.7 Å². The van der Waals surface area contributed by atoms with Gasteiger partial charge in [0.25, 0.3) is 0 Å². The molecule has 1 atom stereocenters. The average molecular weight is 308 g/mol. The van der Waals surface area contributed by atoms with Gasteiger partial charge in [0.15, 0.2) is 0 Å². The van der Waals surface area contributed by atoms with Gasteiger partial charge in [0, 0.05) is 6.04 Å². The quantitative estimate of drug-likeness (QED) is 0.940. The predicted molar refractivity (Wildman–Crippen MR) is 78.2 cm³/mol. The average Bonchev–Trinajstić information content (AvgIpc) is 2.66. The molecule has 1 N–H and O–H groups in total. The maximum absolute atomic E-state index is 4.56. The van der Waals surface area contributed by atoms with Crippen LogP contribution in [0.2, 0.25) is 0 Å². The lowest BCUT2D eigenvalue weighted by Gasteiger charge is -2.12. The van der Waals surface area contributed by atoms with Crippen molar-refractivity contribution in [3.63, 3.8) is 0 Å². The maximum Gasteiger partial charge on any atom is 0.0743 e. The monoisotopic (exact) mass is 307 g/mol. The molecule has 0 saturated carbocycles. The van der Waals surface area contributed by atoms with Gasteiger partial charge in [-0.05, 0) is 61.4 Å². The zero-order chi connectivity index (χ0) is 13.3. The van der Waals surface area contributed by atoms with Crippen molar-refractivity contribution < 1.29 is 0 Å². The van der Waals surface area contributed by atoms with Gasteiger partial charge in [-0.15, -0.1) is 0 Å². The summed E-state index contributed by atoms with van der Waals surface area (Å²) in [5, 5.41) is 7.81. The van der Waals surface area contributed by atoms with E-state index in [0.29, 0.717) is 6.04 Å². The number of aromatic nitrogens is 2. The molecule has 96 valence electrons. The maximum atomic E-state index is 4.56. The topological polar surface area (TPSA) is 29.9 Å². The molecule has 1 heterocycles. The summed E-state index contributed by atoms with van der Waals surface area (Å²) in [5.41, 5.74) is 4.50. The smallest absolute Gasteiger partial charge is 0.0743 e. The van der Waals surface area contributed by atoms with Crippen LogP contribution in [0, 0.1) is 13.8 Å². The Balaban J connectivity index is 2.48. The normalized spacial score (nSPS) is 12.7. The molecule has 1 unspecified atom stereocenters. The molecule has 1 aromatic heterocycles. The van der Waals surface area contributed by atoms with Crippen LogP contribution in [0.3, 0.4) is 0 Å². The van der Waals surface area contributed by atoms with Gasteiger partial charge in [0.05, 0.1) is 21.5 Å². The number of benzene rings is 1. The molecule has 0 amide bonds. The number of nitrogens with zero attached hydrogens (tertiary/aromatic N) is 2. The van der Waals surface area contributed by atoms with E-state index >= 15 is 0 Å². The molecular formula is C14H18BrN3. The molecule has 0 fully saturated rings. The zero-order valence-corrected chi connectivity index (χ0v) is 12.7. The van der Waals surface area contributed by atoms with E-state index in [1.54, 1.807) is 0 Å². The lowest BCUT2D eigenvalue weighted by Crippen LogP contribution is -2.12. The number of nitrogens with one attached hydrogen (secondary N) is 1. The van der Waals surface area contributed by atoms with Crippen molar-refractivity contribution in [3.8, 4) is 5.69 Å². The van der Waals surface area contributed by atoms with E-state index < -0.39 is 0 Å². The van der Waals surface area contributed by atoms with Crippen molar-refractivity contribution in [1.29, 1.82) is 0 Å². The lowest BCUT2D eigenvalue weighted by molar-refractivity contribution is 0.651. The summed E-state index contributed by atoms with van der Waals surface area (Å²) in [6.45, 7) is 6.22. The van der Waals surface area contributed by atoms with Crippen LogP contribution in [0.4, 0.5) is 0 Å². The highest BCUT2D eigenvalue weighted by Gasteiger charge is 2.11. The van der Waals surface area contributed by atoms with Gasteiger partial charge in [0.2, 0.25) is 0 Å². The zero-order valence-electron chi connectivity index (χ0n) is 11.2. The summed E-state index contributed by atoms with van der Waals surface area (Å²) in [5.74, 6) is 0. The number of rotatable bonds is 3. The number of aryl methyl sites for hydroxylation is 1. The molecule has 4 heteroatoms. The lowest BCUT2D eigenvalue weighted by atomic mass is 10.1. The minimum absolute atomic E-state index is 0.338. The first-order chi connectivity index (χ1) is 8.54. The van der Waals surface area contributed by atoms with Gasteiger partial charge in [0.1, 0.15) is 0 Å². The predicted octanol–water partition coefficient (Wildman–Crippen LogP) is 3.53. The van der Waals surface area contributed by atoms with Crippen LogP contribution >= 0.6 is 15.9 Å². The summed E-state index contributed by atoms with van der Waals surface area (Å²) in [7, 11) is 1.97. The van der Waals surface area contributed by atoms with Crippen LogP contribution in [0.15, 0.2) is 28.7 Å². The molecule has 0 aliphatic carbocycles. The molecule has 0 aliphatic rings. The molecule has 2 rings (SSSR count). The third-order valence-electron chi connectivity index (χ3n) is 3.25. The van der Waals surface area contributed by atoms with E-state index in [4.69, 9.17) is 0 Å². The highest BCUT2D eigenvalue weighted by Crippen LogP contribution is 2.24. The van der Waals surface area contributed by atoms with E-state index in [1.165, 1.54) is 5.56 Å². The second kappa shape index (κ2) is 5.24. The van der Waals surface area contributed by atoms with E-state index in [9.17, 15) is 0 Å². The molecular weight excluding hydrogens is 290 g/mol. The molecule has 0 saturated heterocycles. The SMILES string of the molecule is CNC(C)c1cccc(-n2nc(C)c(Br)c2C)c1. The Hall–Kier alpha value is -1.13. The summed E-state index contributed by atoms with van der Waals surface area (Å²) in [6, 6.07) is 8.80. The Morgan fingerprint density at radius 3 is 2.61 bits per heavy atom. The van der Waals surface area contributed by atoms with Gasteiger partial charge in [-0.1, -0.05) is 12.1 Å². The molecule has 2 aromatic rings. The highest BCUT2D eigenvalue weighted by molar-refractivity contribution is 9.10. The van der Waals surface area contributed by atoms with Crippen molar-refractivity contribution in [1.82, 2.24) is 15.1 Å². The van der Waals surface area contributed by atoms with Crippen LogP contribution in [0.1, 0.15) is 29.9 Å². The first kappa shape index (κ1) is 13.3. The number of hydrogen-bond donors (Lipinski definition) is 1. The fourth-order valence-corrected chi connectivity index (χ4v) is 2.21. The second-order valence-electron chi connectivity index (χ2n) is 4.50. The fourth-order valence-electron chi connectivity index (χ4n) is 1.97. The van der Waals surface area contributed by atoms with Gasteiger partial charge in [-0.3, -0.25) is 0 Å². The number of hydrogen-bond acceptors (Lipinski definition) is 2. The molecule has 0 bridgehead atoms. The Morgan fingerprint density at radius 2 is 2.06 bits per heavy atom. The first-order valence-electron chi connectivity index (χ1n) is 6.04. The Kier molecular flexibility index (Phi) is 3.88. The van der Waals surface area contributed by atoms with E-state index in [0.717, 1.165) is 21.5 Å². The van der Waals surface area contributed by atoms with Crippen LogP contribution in [0.25, 0.3) is 5.69 Å². The van der Waals surface area contributed by atoms with Crippen LogP contribution < -0.4 is 5.32 Å². The standard InChI is InChI=1S/C14H18BrN3/c1-9(16-4)12-6-5-7-13(8-12)18-11(3)14(15)10(2)17-18/h5-9,16H,1-4H3. The Morgan fingerprint density at radius 1 is 1.33 bits per heavy atom. The summed E-state index contributed by atoms with van der Waals surface area (Å²) < 4.78 is 3.06. The molecule has 0 radical (unpaired) electrons. The highest BCUT2D eigenvalue weighted by atomic mass is 79.9. The van der Waals surface area contributed by atoms with Crippen molar-refractivity contribution in [2.24, 2.45) is 0 Å². The third kappa shape index (κ3) is 2.35. The van der Waals surface area contributed by atoms with Crippen molar-refractivity contribution in [2.75, 3.05) is 7.05 Å². The Bertz CT molecular complexity index is 560. The van der Waals surface area contributed by atoms with Gasteiger partial charge >= 0.3 is 0 Å². The van der Waals surface area contributed by atoms with Gasteiger partial charge < -0.3 is 5.32 Å². The minimum atomic E-state index is 0.338. The van der Waals surface area contributed by atoms with E-state index in [2.05, 4.69) is 64.5 Å². The minimum Gasteiger partial charge on any atom is -0.313 e. The molecule has 18 heavy (non-hydrogen) atoms. The molecule has 0 spiro atoms.